The third-order valence-corrected chi connectivity index (χ3v) is 8.65. The summed E-state index contributed by atoms with van der Waals surface area (Å²) >= 11 is 0. The predicted octanol–water partition coefficient (Wildman–Crippen LogP) is 12.4. The topological polar surface area (TPSA) is 58.0 Å². The number of hydrogen-bond donors (Lipinski definition) is 0. The van der Waals surface area contributed by atoms with E-state index < -0.39 is 0 Å². The second kappa shape index (κ2) is 16.8. The predicted molar refractivity (Wildman–Crippen MR) is 210 cm³/mol. The molecular formula is C44H50N6. The minimum absolute atomic E-state index is 0.406. The lowest BCUT2D eigenvalue weighted by molar-refractivity contribution is 0.828. The molecule has 4 heterocycles. The Morgan fingerprint density at radius 2 is 0.560 bits per heavy atom. The highest BCUT2D eigenvalue weighted by atomic mass is 15.2. The van der Waals surface area contributed by atoms with Crippen molar-refractivity contribution in [1.82, 2.24) is 19.9 Å². The van der Waals surface area contributed by atoms with Crippen LogP contribution >= 0.6 is 0 Å². The Kier molecular flexibility index (Phi) is 12.1. The summed E-state index contributed by atoms with van der Waals surface area (Å²) in [6.07, 6.45) is 7.33. The first kappa shape index (κ1) is 35.9. The zero-order valence-electron chi connectivity index (χ0n) is 30.7. The molecule has 0 unspecified atom stereocenters. The highest BCUT2D eigenvalue weighted by Crippen LogP contribution is 2.43. The van der Waals surface area contributed by atoms with Gasteiger partial charge in [0, 0.05) is 24.8 Å². The maximum absolute atomic E-state index is 4.62. The van der Waals surface area contributed by atoms with Crippen molar-refractivity contribution in [3.63, 3.8) is 0 Å². The van der Waals surface area contributed by atoms with E-state index in [2.05, 4.69) is 122 Å². The van der Waals surface area contributed by atoms with Gasteiger partial charge in [0.15, 0.2) is 0 Å². The van der Waals surface area contributed by atoms with Crippen LogP contribution in [-0.2, 0) is 0 Å². The summed E-state index contributed by atoms with van der Waals surface area (Å²) in [5.41, 5.74) is 7.63. The largest absolute Gasteiger partial charge is 0.278 e. The molecule has 4 aromatic heterocycles. The number of aromatic nitrogens is 4. The summed E-state index contributed by atoms with van der Waals surface area (Å²) in [7, 11) is 0. The van der Waals surface area contributed by atoms with Crippen molar-refractivity contribution in [2.24, 2.45) is 0 Å². The Labute approximate surface area is 299 Å². The fraction of sp³-hybridized carbons (Fsp3) is 0.273. The maximum atomic E-state index is 4.62. The third kappa shape index (κ3) is 8.25. The van der Waals surface area contributed by atoms with Gasteiger partial charge in [0.2, 0.25) is 0 Å². The number of hydrogen-bond acceptors (Lipinski definition) is 6. The molecule has 0 spiro atoms. The van der Waals surface area contributed by atoms with Crippen LogP contribution in [0.5, 0.6) is 0 Å². The van der Waals surface area contributed by atoms with Crippen LogP contribution in [-0.4, -0.2) is 19.9 Å². The quantitative estimate of drug-likeness (QED) is 0.145. The van der Waals surface area contributed by atoms with E-state index in [1.54, 1.807) is 0 Å². The average molecular weight is 663 g/mol. The Hall–Kier alpha value is -5.36. The molecule has 6 heteroatoms. The molecule has 0 saturated carbocycles. The molecule has 0 saturated heterocycles. The summed E-state index contributed by atoms with van der Waals surface area (Å²) in [4.78, 5) is 22.8. The second-order valence-corrected chi connectivity index (χ2v) is 13.6. The Bertz CT molecular complexity index is 1630. The summed E-state index contributed by atoms with van der Waals surface area (Å²) in [5.74, 6) is 5.17. The lowest BCUT2D eigenvalue weighted by Gasteiger charge is -2.30. The van der Waals surface area contributed by atoms with E-state index in [1.807, 2.05) is 97.6 Å². The molecule has 0 atom stereocenters. The average Bonchev–Trinajstić information content (AvgIpc) is 3.14. The van der Waals surface area contributed by atoms with Crippen molar-refractivity contribution in [2.75, 3.05) is 9.80 Å². The smallest absolute Gasteiger partial charge is 0.138 e. The minimum Gasteiger partial charge on any atom is -0.278 e. The molecule has 0 N–H and O–H groups in total. The van der Waals surface area contributed by atoms with Crippen LogP contribution in [0.25, 0.3) is 0 Å². The van der Waals surface area contributed by atoms with Crippen molar-refractivity contribution in [3.05, 3.63) is 156 Å². The van der Waals surface area contributed by atoms with Crippen molar-refractivity contribution in [1.29, 1.82) is 0 Å². The van der Waals surface area contributed by atoms with E-state index in [1.165, 1.54) is 33.6 Å². The van der Waals surface area contributed by atoms with Gasteiger partial charge in [-0.1, -0.05) is 116 Å². The van der Waals surface area contributed by atoms with Gasteiger partial charge in [0.1, 0.15) is 23.3 Å². The number of pyridine rings is 4. The molecule has 0 aliphatic carbocycles. The molecule has 6 aromatic rings. The highest BCUT2D eigenvalue weighted by molar-refractivity contribution is 5.79. The molecule has 0 fully saturated rings. The molecular weight excluding hydrogens is 613 g/mol. The first-order chi connectivity index (χ1) is 24.2. The monoisotopic (exact) mass is 662 g/mol. The van der Waals surface area contributed by atoms with E-state index in [9.17, 15) is 0 Å². The van der Waals surface area contributed by atoms with Gasteiger partial charge < -0.3 is 0 Å². The Morgan fingerprint density at radius 1 is 0.320 bits per heavy atom. The van der Waals surface area contributed by atoms with Crippen LogP contribution in [0.3, 0.4) is 0 Å². The molecule has 0 aliphatic rings. The van der Waals surface area contributed by atoms with Gasteiger partial charge in [0.05, 0.1) is 11.4 Å². The molecule has 0 aliphatic heterocycles. The SMILES string of the molecule is CC(C)c1cccc(C(C)C)c1N(c1ccccn1)c1ccccn1.CC(C)c1cccc(C(C)C)c1N(c1ccccn1)c1ccccn1. The fourth-order valence-corrected chi connectivity index (χ4v) is 6.18. The highest BCUT2D eigenvalue weighted by Gasteiger charge is 2.25. The van der Waals surface area contributed by atoms with E-state index in [0.29, 0.717) is 23.7 Å². The maximum Gasteiger partial charge on any atom is 0.138 e. The van der Waals surface area contributed by atoms with E-state index in [4.69, 9.17) is 0 Å². The summed E-state index contributed by atoms with van der Waals surface area (Å²) in [5, 5.41) is 0. The first-order valence-electron chi connectivity index (χ1n) is 17.7. The summed E-state index contributed by atoms with van der Waals surface area (Å²) in [6, 6.07) is 37.2. The third-order valence-electron chi connectivity index (χ3n) is 8.65. The van der Waals surface area contributed by atoms with Crippen molar-refractivity contribution in [3.8, 4) is 0 Å². The summed E-state index contributed by atoms with van der Waals surface area (Å²) in [6.45, 7) is 17.9. The molecule has 2 aromatic carbocycles. The fourth-order valence-electron chi connectivity index (χ4n) is 6.18. The van der Waals surface area contributed by atoms with Crippen LogP contribution in [0.2, 0.25) is 0 Å². The zero-order valence-corrected chi connectivity index (χ0v) is 30.7. The standard InChI is InChI=1S/2C22H25N3/c2*1-16(2)18-10-9-11-19(17(3)4)22(18)25(20-12-5-7-14-23-20)21-13-6-8-15-24-21/h2*5-17H,1-4H3. The van der Waals surface area contributed by atoms with Gasteiger partial charge in [0.25, 0.3) is 0 Å². The normalized spacial score (nSPS) is 11.1. The van der Waals surface area contributed by atoms with E-state index >= 15 is 0 Å². The zero-order chi connectivity index (χ0) is 35.6. The van der Waals surface area contributed by atoms with Crippen LogP contribution in [0, 0.1) is 0 Å². The van der Waals surface area contributed by atoms with Crippen molar-refractivity contribution in [2.45, 2.75) is 79.1 Å². The van der Waals surface area contributed by atoms with Crippen molar-refractivity contribution < 1.29 is 0 Å². The van der Waals surface area contributed by atoms with Gasteiger partial charge in [-0.25, -0.2) is 19.9 Å². The number of nitrogens with zero attached hydrogens (tertiary/aromatic N) is 6. The molecule has 6 nitrogen and oxygen atoms in total. The van der Waals surface area contributed by atoms with Gasteiger partial charge in [-0.05, 0) is 94.5 Å². The number of rotatable bonds is 10. The van der Waals surface area contributed by atoms with Gasteiger partial charge in [-0.15, -0.1) is 0 Å². The van der Waals surface area contributed by atoms with Gasteiger partial charge in [-0.2, -0.15) is 0 Å². The van der Waals surface area contributed by atoms with Crippen LogP contribution in [0.1, 0.15) is 101 Å². The molecule has 256 valence electrons. The minimum atomic E-state index is 0.406. The van der Waals surface area contributed by atoms with Crippen LogP contribution in [0.15, 0.2) is 134 Å². The Balaban J connectivity index is 0.000000194. The lowest BCUT2D eigenvalue weighted by Crippen LogP contribution is -2.17. The molecule has 50 heavy (non-hydrogen) atoms. The molecule has 0 amide bonds. The number of anilines is 6. The van der Waals surface area contributed by atoms with Gasteiger partial charge in [-0.3, -0.25) is 9.80 Å². The van der Waals surface area contributed by atoms with E-state index in [-0.39, 0.29) is 0 Å². The van der Waals surface area contributed by atoms with Gasteiger partial charge >= 0.3 is 0 Å². The molecule has 0 radical (unpaired) electrons. The van der Waals surface area contributed by atoms with Crippen LogP contribution < -0.4 is 9.80 Å². The van der Waals surface area contributed by atoms with E-state index in [0.717, 1.165) is 23.3 Å². The number of benzene rings is 2. The first-order valence-corrected chi connectivity index (χ1v) is 17.7. The molecule has 6 rings (SSSR count). The molecule has 0 bridgehead atoms. The Morgan fingerprint density at radius 3 is 0.740 bits per heavy atom. The number of para-hydroxylation sites is 2. The summed E-state index contributed by atoms with van der Waals surface area (Å²) < 4.78 is 0. The van der Waals surface area contributed by atoms with Crippen molar-refractivity contribution >= 4 is 34.6 Å². The second-order valence-electron chi connectivity index (χ2n) is 13.6. The van der Waals surface area contributed by atoms with Crippen LogP contribution in [0.4, 0.5) is 34.6 Å². The lowest BCUT2D eigenvalue weighted by atomic mass is 9.91.